The highest BCUT2D eigenvalue weighted by Crippen LogP contribution is 2.28. The summed E-state index contributed by atoms with van der Waals surface area (Å²) >= 11 is 7.39. The van der Waals surface area contributed by atoms with Crippen molar-refractivity contribution < 1.29 is 13.2 Å². The molecule has 8 heteroatoms. The van der Waals surface area contributed by atoms with Gasteiger partial charge in [0.1, 0.15) is 15.7 Å². The third-order valence-electron chi connectivity index (χ3n) is 2.77. The fraction of sp³-hybridized carbons (Fsp3) is 0.308. The zero-order valence-corrected chi connectivity index (χ0v) is 14.1. The van der Waals surface area contributed by atoms with Crippen LogP contribution in [0.5, 0.6) is 5.75 Å². The van der Waals surface area contributed by atoms with Gasteiger partial charge in [0, 0.05) is 17.1 Å². The quantitative estimate of drug-likeness (QED) is 0.903. The van der Waals surface area contributed by atoms with Gasteiger partial charge in [0.05, 0.1) is 18.2 Å². The number of rotatable bonds is 5. The van der Waals surface area contributed by atoms with Crippen molar-refractivity contribution in [2.45, 2.75) is 24.8 Å². The predicted octanol–water partition coefficient (Wildman–Crippen LogP) is 3.15. The predicted molar refractivity (Wildman–Crippen MR) is 83.6 cm³/mol. The van der Waals surface area contributed by atoms with Gasteiger partial charge >= 0.3 is 0 Å². The zero-order chi connectivity index (χ0) is 15.6. The Morgan fingerprint density at radius 3 is 2.71 bits per heavy atom. The first-order valence-electron chi connectivity index (χ1n) is 6.11. The molecule has 1 N–H and O–H groups in total. The minimum absolute atomic E-state index is 0.0105. The maximum absolute atomic E-state index is 12.4. The minimum atomic E-state index is -3.76. The number of aromatic nitrogens is 1. The number of methoxy groups -OCH3 is 1. The molecule has 5 nitrogen and oxygen atoms in total. The number of benzene rings is 1. The number of ether oxygens (including phenoxy) is 1. The summed E-state index contributed by atoms with van der Waals surface area (Å²) in [6.45, 7) is 3.60. The summed E-state index contributed by atoms with van der Waals surface area (Å²) in [4.78, 5) is 4.27. The second-order valence-corrected chi connectivity index (χ2v) is 7.45. The van der Waals surface area contributed by atoms with Gasteiger partial charge in [-0.15, -0.1) is 11.3 Å². The van der Waals surface area contributed by atoms with Crippen molar-refractivity contribution >= 4 is 33.0 Å². The highest BCUT2D eigenvalue weighted by Gasteiger charge is 2.23. The number of hydrogen-bond donors (Lipinski definition) is 1. The van der Waals surface area contributed by atoms with E-state index in [-0.39, 0.29) is 9.92 Å². The summed E-state index contributed by atoms with van der Waals surface area (Å²) in [5.74, 6) is 0.428. The van der Waals surface area contributed by atoms with Gasteiger partial charge in [-0.25, -0.2) is 18.1 Å². The van der Waals surface area contributed by atoms with E-state index in [1.165, 1.54) is 30.6 Å². The van der Waals surface area contributed by atoms with Gasteiger partial charge in [-0.05, 0) is 26.0 Å². The number of halogens is 1. The molecule has 2 rings (SSSR count). The van der Waals surface area contributed by atoms with Gasteiger partial charge in [-0.3, -0.25) is 0 Å². The summed E-state index contributed by atoms with van der Waals surface area (Å²) in [5, 5.41) is 2.72. The lowest BCUT2D eigenvalue weighted by molar-refractivity contribution is 0.413. The molecule has 0 spiro atoms. The molecule has 0 fully saturated rings. The van der Waals surface area contributed by atoms with Gasteiger partial charge in [0.25, 0.3) is 0 Å². The second kappa shape index (κ2) is 6.31. The van der Waals surface area contributed by atoms with Crippen LogP contribution in [0.25, 0.3) is 0 Å². The van der Waals surface area contributed by atoms with Crippen LogP contribution in [0.4, 0.5) is 0 Å². The Morgan fingerprint density at radius 1 is 1.43 bits per heavy atom. The Labute approximate surface area is 133 Å². The largest absolute Gasteiger partial charge is 0.497 e. The topological polar surface area (TPSA) is 68.3 Å². The molecule has 0 bridgehead atoms. The monoisotopic (exact) mass is 346 g/mol. The lowest BCUT2D eigenvalue weighted by Crippen LogP contribution is -2.27. The second-order valence-electron chi connectivity index (χ2n) is 4.47. The van der Waals surface area contributed by atoms with Crippen molar-refractivity contribution in [2.75, 3.05) is 7.11 Å². The highest BCUT2D eigenvalue weighted by atomic mass is 35.5. The number of nitrogens with one attached hydrogen (secondary N) is 1. The van der Waals surface area contributed by atoms with E-state index in [1.807, 2.05) is 12.3 Å². The molecule has 0 saturated carbocycles. The fourth-order valence-corrected chi connectivity index (χ4v) is 4.33. The Bertz CT molecular complexity index is 744. The molecule has 0 unspecified atom stereocenters. The lowest BCUT2D eigenvalue weighted by Gasteiger charge is -2.13. The van der Waals surface area contributed by atoms with Crippen LogP contribution in [0.15, 0.2) is 28.5 Å². The van der Waals surface area contributed by atoms with Gasteiger partial charge in [0.15, 0.2) is 0 Å². The molecule has 114 valence electrons. The first-order chi connectivity index (χ1) is 9.83. The number of thiazole rings is 1. The van der Waals surface area contributed by atoms with Crippen LogP contribution in [0.1, 0.15) is 23.7 Å². The summed E-state index contributed by atoms with van der Waals surface area (Å²) in [6, 6.07) is 4.06. The average Bonchev–Trinajstić information content (AvgIpc) is 2.85. The Kier molecular flexibility index (Phi) is 4.88. The van der Waals surface area contributed by atoms with Gasteiger partial charge in [-0.1, -0.05) is 11.6 Å². The summed E-state index contributed by atoms with van der Waals surface area (Å²) in [7, 11) is -2.29. The molecule has 0 radical (unpaired) electrons. The van der Waals surface area contributed by atoms with Crippen LogP contribution in [-0.4, -0.2) is 20.5 Å². The van der Waals surface area contributed by atoms with Crippen molar-refractivity contribution in [3.8, 4) is 5.75 Å². The zero-order valence-electron chi connectivity index (χ0n) is 11.8. The SMILES string of the molecule is COc1ccc(Cl)c(S(=O)(=O)N[C@@H](C)c2nc(C)cs2)c1. The number of sulfonamides is 1. The molecule has 1 atom stereocenters. The molecule has 2 aromatic rings. The standard InChI is InChI=1S/C13H15ClN2O3S2/c1-8-7-20-13(15-8)9(2)16-21(17,18)12-6-10(19-3)4-5-11(12)14/h4-7,9,16H,1-3H3/t9-/m0/s1. The molecule has 0 saturated heterocycles. The van der Waals surface area contributed by atoms with E-state index in [9.17, 15) is 8.42 Å². The minimum Gasteiger partial charge on any atom is -0.497 e. The van der Waals surface area contributed by atoms with E-state index in [2.05, 4.69) is 9.71 Å². The lowest BCUT2D eigenvalue weighted by atomic mass is 10.3. The summed E-state index contributed by atoms with van der Waals surface area (Å²) in [6.07, 6.45) is 0. The van der Waals surface area contributed by atoms with E-state index in [0.717, 1.165) is 5.69 Å². The van der Waals surface area contributed by atoms with Crippen LogP contribution in [-0.2, 0) is 10.0 Å². The van der Waals surface area contributed by atoms with E-state index in [1.54, 1.807) is 13.0 Å². The summed E-state index contributed by atoms with van der Waals surface area (Å²) in [5.41, 5.74) is 0.862. The third kappa shape index (κ3) is 3.74. The summed E-state index contributed by atoms with van der Waals surface area (Å²) < 4.78 is 32.5. The maximum Gasteiger partial charge on any atom is 0.242 e. The average molecular weight is 347 g/mol. The van der Waals surface area contributed by atoms with Crippen molar-refractivity contribution in [2.24, 2.45) is 0 Å². The molecule has 1 aromatic carbocycles. The smallest absolute Gasteiger partial charge is 0.242 e. The molecular weight excluding hydrogens is 332 g/mol. The van der Waals surface area contributed by atoms with Crippen molar-refractivity contribution in [1.29, 1.82) is 0 Å². The van der Waals surface area contributed by atoms with Crippen molar-refractivity contribution in [3.63, 3.8) is 0 Å². The first-order valence-corrected chi connectivity index (χ1v) is 8.85. The molecule has 0 amide bonds. The Balaban J connectivity index is 2.30. The van der Waals surface area contributed by atoms with Gasteiger partial charge in [0.2, 0.25) is 10.0 Å². The van der Waals surface area contributed by atoms with Gasteiger partial charge in [-0.2, -0.15) is 0 Å². The van der Waals surface area contributed by atoms with Crippen LogP contribution in [0.3, 0.4) is 0 Å². The molecular formula is C13H15ClN2O3S2. The van der Waals surface area contributed by atoms with E-state index < -0.39 is 16.1 Å². The molecule has 1 heterocycles. The molecule has 0 aliphatic carbocycles. The normalized spacial score (nSPS) is 13.1. The van der Waals surface area contributed by atoms with Crippen LogP contribution < -0.4 is 9.46 Å². The Hall–Kier alpha value is -1.15. The van der Waals surface area contributed by atoms with E-state index >= 15 is 0 Å². The van der Waals surface area contributed by atoms with E-state index in [0.29, 0.717) is 10.8 Å². The Morgan fingerprint density at radius 2 is 2.14 bits per heavy atom. The number of aryl methyl sites for hydroxylation is 1. The van der Waals surface area contributed by atoms with Crippen LogP contribution in [0, 0.1) is 6.92 Å². The maximum atomic E-state index is 12.4. The molecule has 21 heavy (non-hydrogen) atoms. The third-order valence-corrected chi connectivity index (χ3v) is 5.93. The molecule has 1 aromatic heterocycles. The van der Waals surface area contributed by atoms with Crippen LogP contribution in [0.2, 0.25) is 5.02 Å². The van der Waals surface area contributed by atoms with Crippen molar-refractivity contribution in [1.82, 2.24) is 9.71 Å². The fourth-order valence-electron chi connectivity index (χ4n) is 1.73. The van der Waals surface area contributed by atoms with Crippen LogP contribution >= 0.6 is 22.9 Å². The molecule has 0 aliphatic rings. The number of hydrogen-bond acceptors (Lipinski definition) is 5. The van der Waals surface area contributed by atoms with E-state index in [4.69, 9.17) is 16.3 Å². The highest BCUT2D eigenvalue weighted by molar-refractivity contribution is 7.89. The number of nitrogens with zero attached hydrogens (tertiary/aromatic N) is 1. The molecule has 0 aliphatic heterocycles. The van der Waals surface area contributed by atoms with Crippen molar-refractivity contribution in [3.05, 3.63) is 39.3 Å². The first kappa shape index (κ1) is 16.2. The van der Waals surface area contributed by atoms with Gasteiger partial charge < -0.3 is 4.74 Å².